The number of hydrogen-bond acceptors (Lipinski definition) is 4. The van der Waals surface area contributed by atoms with E-state index in [0.717, 1.165) is 116 Å². The lowest BCUT2D eigenvalue weighted by molar-refractivity contribution is 0.668. The second-order valence-electron chi connectivity index (χ2n) is 14.8. The number of anilines is 3. The predicted octanol–water partition coefficient (Wildman–Crippen LogP) is 15.9. The SMILES string of the molecule is c1ccc(-c2ccc(N(c3ccc(-c4cccc5oc6ccccc6c45)cc3)c3ccc(-c4cccc5oc6ccccc6c45)cc3)c3oc4ccccc4c23)cc1. The van der Waals surface area contributed by atoms with Crippen molar-refractivity contribution < 1.29 is 13.3 Å². The highest BCUT2D eigenvalue weighted by molar-refractivity contribution is 6.17. The monoisotopic (exact) mass is 743 g/mol. The average Bonchev–Trinajstić information content (AvgIpc) is 3.99. The van der Waals surface area contributed by atoms with Gasteiger partial charge in [-0.15, -0.1) is 0 Å². The van der Waals surface area contributed by atoms with E-state index in [1.807, 2.05) is 42.5 Å². The van der Waals surface area contributed by atoms with Gasteiger partial charge in [-0.1, -0.05) is 140 Å². The van der Waals surface area contributed by atoms with Gasteiger partial charge in [-0.2, -0.15) is 0 Å². The van der Waals surface area contributed by atoms with E-state index in [4.69, 9.17) is 13.3 Å². The van der Waals surface area contributed by atoms with E-state index >= 15 is 0 Å². The van der Waals surface area contributed by atoms with Crippen LogP contribution in [0.4, 0.5) is 17.1 Å². The van der Waals surface area contributed by atoms with Crippen molar-refractivity contribution in [2.24, 2.45) is 0 Å². The summed E-state index contributed by atoms with van der Waals surface area (Å²) in [6.07, 6.45) is 0. The molecule has 0 aliphatic heterocycles. The number of rotatable bonds is 6. The summed E-state index contributed by atoms with van der Waals surface area (Å²) in [5.41, 5.74) is 15.0. The van der Waals surface area contributed by atoms with Crippen LogP contribution in [0.2, 0.25) is 0 Å². The first-order valence-corrected chi connectivity index (χ1v) is 19.6. The summed E-state index contributed by atoms with van der Waals surface area (Å²) >= 11 is 0. The minimum absolute atomic E-state index is 0.833. The molecule has 12 aromatic rings. The predicted molar refractivity (Wildman–Crippen MR) is 239 cm³/mol. The molecule has 0 aliphatic rings. The van der Waals surface area contributed by atoms with E-state index in [9.17, 15) is 0 Å². The third-order valence-corrected chi connectivity index (χ3v) is 11.5. The molecule has 272 valence electrons. The molecular weight excluding hydrogens is 711 g/mol. The zero-order valence-electron chi connectivity index (χ0n) is 31.2. The van der Waals surface area contributed by atoms with Crippen molar-refractivity contribution in [3.05, 3.63) is 200 Å². The Morgan fingerprint density at radius 2 is 0.690 bits per heavy atom. The molecule has 3 aromatic heterocycles. The molecule has 12 rings (SSSR count). The molecule has 0 bridgehead atoms. The van der Waals surface area contributed by atoms with Crippen molar-refractivity contribution in [1.82, 2.24) is 0 Å². The molecule has 58 heavy (non-hydrogen) atoms. The highest BCUT2D eigenvalue weighted by Crippen LogP contribution is 2.47. The Hall–Kier alpha value is -7.82. The largest absolute Gasteiger partial charge is 0.456 e. The maximum Gasteiger partial charge on any atom is 0.160 e. The highest BCUT2D eigenvalue weighted by atomic mass is 16.3. The lowest BCUT2D eigenvalue weighted by atomic mass is 9.97. The van der Waals surface area contributed by atoms with E-state index < -0.39 is 0 Å². The Morgan fingerprint density at radius 3 is 1.22 bits per heavy atom. The maximum atomic E-state index is 6.85. The highest BCUT2D eigenvalue weighted by Gasteiger charge is 2.23. The zero-order valence-corrected chi connectivity index (χ0v) is 31.2. The fourth-order valence-electron chi connectivity index (χ4n) is 8.89. The first kappa shape index (κ1) is 32.4. The van der Waals surface area contributed by atoms with Crippen molar-refractivity contribution in [3.63, 3.8) is 0 Å². The van der Waals surface area contributed by atoms with Crippen molar-refractivity contribution >= 4 is 82.9 Å². The summed E-state index contributed by atoms with van der Waals surface area (Å²) < 4.78 is 19.4. The zero-order chi connectivity index (χ0) is 38.2. The summed E-state index contributed by atoms with van der Waals surface area (Å²) in [6, 6.07) is 70.2. The van der Waals surface area contributed by atoms with Crippen LogP contribution >= 0.6 is 0 Å². The number of para-hydroxylation sites is 3. The van der Waals surface area contributed by atoms with Gasteiger partial charge in [0.15, 0.2) is 5.58 Å². The second kappa shape index (κ2) is 12.9. The molecule has 0 N–H and O–H groups in total. The van der Waals surface area contributed by atoms with E-state index in [2.05, 4.69) is 163 Å². The van der Waals surface area contributed by atoms with Gasteiger partial charge in [0.1, 0.15) is 27.9 Å². The van der Waals surface area contributed by atoms with Gasteiger partial charge >= 0.3 is 0 Å². The first-order chi connectivity index (χ1) is 28.8. The van der Waals surface area contributed by atoms with Gasteiger partial charge in [0.2, 0.25) is 0 Å². The van der Waals surface area contributed by atoms with Gasteiger partial charge < -0.3 is 18.2 Å². The molecule has 4 nitrogen and oxygen atoms in total. The summed E-state index contributed by atoms with van der Waals surface area (Å²) in [5.74, 6) is 0. The normalized spacial score (nSPS) is 11.8. The van der Waals surface area contributed by atoms with Gasteiger partial charge in [0, 0.05) is 43.7 Å². The van der Waals surface area contributed by atoms with Gasteiger partial charge in [0.25, 0.3) is 0 Å². The molecule has 0 atom stereocenters. The average molecular weight is 744 g/mol. The minimum Gasteiger partial charge on any atom is -0.456 e. The Balaban J connectivity index is 1.05. The van der Waals surface area contributed by atoms with Crippen molar-refractivity contribution in [1.29, 1.82) is 0 Å². The lowest BCUT2D eigenvalue weighted by Gasteiger charge is -2.26. The molecule has 0 amide bonds. The van der Waals surface area contributed by atoms with E-state index in [1.165, 1.54) is 0 Å². The standard InChI is InChI=1S/C54H33NO3/c1-2-12-34(13-3-1)41-32-33-45(54-53(41)44-16-6-9-21-48(44)58-54)55(37-28-24-35(25-29-37)39-17-10-22-49-51(39)42-14-4-7-19-46(42)56-49)38-30-26-36(27-31-38)40-18-11-23-50-52(40)43-15-5-8-20-47(43)57-50/h1-33H. The summed E-state index contributed by atoms with van der Waals surface area (Å²) in [7, 11) is 0. The molecule has 0 saturated carbocycles. The molecule has 0 saturated heterocycles. The lowest BCUT2D eigenvalue weighted by Crippen LogP contribution is -2.10. The van der Waals surface area contributed by atoms with Gasteiger partial charge in [0.05, 0.1) is 5.69 Å². The molecule has 0 radical (unpaired) electrons. The summed E-state index contributed by atoms with van der Waals surface area (Å²) in [4.78, 5) is 2.31. The van der Waals surface area contributed by atoms with Crippen LogP contribution in [0.5, 0.6) is 0 Å². The Labute approximate surface area is 333 Å². The van der Waals surface area contributed by atoms with Crippen LogP contribution in [0.15, 0.2) is 213 Å². The van der Waals surface area contributed by atoms with Crippen LogP contribution in [-0.2, 0) is 0 Å². The molecule has 0 aliphatic carbocycles. The fourth-order valence-corrected chi connectivity index (χ4v) is 8.89. The number of nitrogens with zero attached hydrogens (tertiary/aromatic N) is 1. The molecule has 4 heteroatoms. The topological polar surface area (TPSA) is 42.7 Å². The number of furan rings is 3. The Morgan fingerprint density at radius 1 is 0.276 bits per heavy atom. The van der Waals surface area contributed by atoms with Gasteiger partial charge in [-0.05, 0) is 94.0 Å². The summed E-state index contributed by atoms with van der Waals surface area (Å²) in [5, 5.41) is 6.66. The smallest absolute Gasteiger partial charge is 0.160 e. The number of fused-ring (bicyclic) bond motifs is 9. The van der Waals surface area contributed by atoms with Crippen LogP contribution in [0.1, 0.15) is 0 Å². The first-order valence-electron chi connectivity index (χ1n) is 19.6. The van der Waals surface area contributed by atoms with Crippen LogP contribution in [0.25, 0.3) is 99.2 Å². The van der Waals surface area contributed by atoms with Crippen LogP contribution in [0, 0.1) is 0 Å². The molecule has 0 fully saturated rings. The number of hydrogen-bond donors (Lipinski definition) is 0. The molecule has 0 spiro atoms. The third kappa shape index (κ3) is 5.02. The van der Waals surface area contributed by atoms with Crippen LogP contribution in [0.3, 0.4) is 0 Å². The Bertz CT molecular complexity index is 3340. The van der Waals surface area contributed by atoms with Gasteiger partial charge in [-0.25, -0.2) is 0 Å². The maximum absolute atomic E-state index is 6.85. The number of benzene rings is 9. The second-order valence-corrected chi connectivity index (χ2v) is 14.8. The van der Waals surface area contributed by atoms with Crippen molar-refractivity contribution in [2.45, 2.75) is 0 Å². The fraction of sp³-hybridized carbons (Fsp3) is 0. The summed E-state index contributed by atoms with van der Waals surface area (Å²) in [6.45, 7) is 0. The van der Waals surface area contributed by atoms with Crippen molar-refractivity contribution in [3.8, 4) is 33.4 Å². The van der Waals surface area contributed by atoms with Crippen LogP contribution in [-0.4, -0.2) is 0 Å². The molecule has 3 heterocycles. The quantitative estimate of drug-likeness (QED) is 0.170. The molecule has 9 aromatic carbocycles. The van der Waals surface area contributed by atoms with E-state index in [1.54, 1.807) is 0 Å². The van der Waals surface area contributed by atoms with E-state index in [-0.39, 0.29) is 0 Å². The molecule has 0 unspecified atom stereocenters. The van der Waals surface area contributed by atoms with Crippen molar-refractivity contribution in [2.75, 3.05) is 4.90 Å². The van der Waals surface area contributed by atoms with Crippen LogP contribution < -0.4 is 4.90 Å². The Kier molecular flexibility index (Phi) is 7.20. The van der Waals surface area contributed by atoms with Gasteiger partial charge in [-0.3, -0.25) is 0 Å². The third-order valence-electron chi connectivity index (χ3n) is 11.5. The molecular formula is C54H33NO3. The van der Waals surface area contributed by atoms with E-state index in [0.29, 0.717) is 0 Å². The minimum atomic E-state index is 0.833.